The summed E-state index contributed by atoms with van der Waals surface area (Å²) in [6.07, 6.45) is 0. The summed E-state index contributed by atoms with van der Waals surface area (Å²) in [6, 6.07) is 16.5. The summed E-state index contributed by atoms with van der Waals surface area (Å²) in [5.74, 6) is -0.128. The van der Waals surface area contributed by atoms with E-state index in [2.05, 4.69) is 5.32 Å². The van der Waals surface area contributed by atoms with E-state index in [1.165, 1.54) is 0 Å². The molecule has 168 valence electrons. The number of anilines is 1. The third-order valence-corrected chi connectivity index (χ3v) is 5.86. The van der Waals surface area contributed by atoms with Gasteiger partial charge in [-0.2, -0.15) is 0 Å². The van der Waals surface area contributed by atoms with Crippen LogP contribution in [0.5, 0.6) is 5.75 Å². The molecule has 0 saturated carbocycles. The van der Waals surface area contributed by atoms with Gasteiger partial charge in [0.2, 0.25) is 11.2 Å². The highest BCUT2D eigenvalue weighted by Crippen LogP contribution is 2.32. The van der Waals surface area contributed by atoms with Crippen molar-refractivity contribution in [3.63, 3.8) is 0 Å². The van der Waals surface area contributed by atoms with Gasteiger partial charge >= 0.3 is 0 Å². The second kappa shape index (κ2) is 9.12. The number of benzene rings is 3. The van der Waals surface area contributed by atoms with Crippen molar-refractivity contribution in [3.05, 3.63) is 92.1 Å². The molecule has 0 radical (unpaired) electrons. The predicted octanol–water partition coefficient (Wildman–Crippen LogP) is 6.36. The third kappa shape index (κ3) is 4.64. The third-order valence-electron chi connectivity index (χ3n) is 5.45. The van der Waals surface area contributed by atoms with Crippen LogP contribution in [0.4, 0.5) is 5.69 Å². The minimum absolute atomic E-state index is 0.0267. The van der Waals surface area contributed by atoms with E-state index in [0.717, 1.165) is 27.9 Å². The Morgan fingerprint density at radius 3 is 2.30 bits per heavy atom. The lowest BCUT2D eigenvalue weighted by molar-refractivity contribution is -0.118. The number of fused-ring (bicyclic) bond motifs is 1. The highest BCUT2D eigenvalue weighted by Gasteiger charge is 2.20. The molecule has 0 atom stereocenters. The number of aryl methyl sites for hydroxylation is 4. The molecule has 0 unspecified atom stereocenters. The van der Waals surface area contributed by atoms with Crippen LogP contribution in [-0.2, 0) is 4.79 Å². The average Bonchev–Trinajstić information content (AvgIpc) is 2.77. The second-order valence-corrected chi connectivity index (χ2v) is 8.57. The van der Waals surface area contributed by atoms with Crippen molar-refractivity contribution in [1.82, 2.24) is 0 Å². The van der Waals surface area contributed by atoms with Crippen molar-refractivity contribution < 1.29 is 13.9 Å². The lowest BCUT2D eigenvalue weighted by Crippen LogP contribution is -2.23. The van der Waals surface area contributed by atoms with Crippen molar-refractivity contribution in [2.75, 3.05) is 11.9 Å². The number of nitrogens with one attached hydrogen (secondary N) is 1. The van der Waals surface area contributed by atoms with E-state index in [9.17, 15) is 9.59 Å². The van der Waals surface area contributed by atoms with Crippen molar-refractivity contribution >= 4 is 34.2 Å². The molecule has 4 aromatic rings. The number of ether oxygens (including phenoxy) is 1. The van der Waals surface area contributed by atoms with Gasteiger partial charge in [0.25, 0.3) is 5.91 Å². The van der Waals surface area contributed by atoms with Gasteiger partial charge in [-0.1, -0.05) is 59.6 Å². The molecule has 1 amide bonds. The van der Waals surface area contributed by atoms with Gasteiger partial charge in [-0.15, -0.1) is 0 Å². The predicted molar refractivity (Wildman–Crippen MR) is 132 cm³/mol. The number of carbonyl (C=O) groups excluding carboxylic acids is 1. The maximum atomic E-state index is 13.3. The monoisotopic (exact) mass is 461 g/mol. The molecule has 6 heteroatoms. The van der Waals surface area contributed by atoms with Crippen molar-refractivity contribution in [2.45, 2.75) is 27.7 Å². The van der Waals surface area contributed by atoms with E-state index in [1.54, 1.807) is 12.1 Å². The number of halogens is 1. The zero-order chi connectivity index (χ0) is 23.7. The van der Waals surface area contributed by atoms with Crippen molar-refractivity contribution in [3.8, 4) is 17.1 Å². The van der Waals surface area contributed by atoms with Crippen LogP contribution in [0.15, 0.2) is 63.8 Å². The molecular weight excluding hydrogens is 438 g/mol. The summed E-state index contributed by atoms with van der Waals surface area (Å²) in [5.41, 5.74) is 5.27. The van der Waals surface area contributed by atoms with Crippen LogP contribution in [0.25, 0.3) is 22.3 Å². The minimum atomic E-state index is -0.382. The van der Waals surface area contributed by atoms with Crippen LogP contribution in [-0.4, -0.2) is 12.5 Å². The molecule has 3 aromatic carbocycles. The number of hydrogen-bond donors (Lipinski definition) is 1. The maximum Gasteiger partial charge on any atom is 0.262 e. The smallest absolute Gasteiger partial charge is 0.262 e. The van der Waals surface area contributed by atoms with Crippen LogP contribution in [0, 0.1) is 27.7 Å². The molecule has 33 heavy (non-hydrogen) atoms. The van der Waals surface area contributed by atoms with Crippen LogP contribution in [0.3, 0.4) is 0 Å². The molecule has 0 spiro atoms. The Labute approximate surface area is 197 Å². The molecule has 0 aliphatic carbocycles. The summed E-state index contributed by atoms with van der Waals surface area (Å²) in [5, 5.41) is 3.64. The van der Waals surface area contributed by atoms with Crippen LogP contribution in [0.1, 0.15) is 22.3 Å². The summed E-state index contributed by atoms with van der Waals surface area (Å²) < 4.78 is 11.9. The van der Waals surface area contributed by atoms with E-state index < -0.39 is 0 Å². The van der Waals surface area contributed by atoms with Gasteiger partial charge in [-0.05, 0) is 56.5 Å². The van der Waals surface area contributed by atoms with Gasteiger partial charge in [0, 0.05) is 16.3 Å². The van der Waals surface area contributed by atoms with E-state index in [0.29, 0.717) is 21.6 Å². The first-order valence-electron chi connectivity index (χ1n) is 10.6. The van der Waals surface area contributed by atoms with Gasteiger partial charge in [-0.3, -0.25) is 9.59 Å². The van der Waals surface area contributed by atoms with Crippen molar-refractivity contribution in [2.24, 2.45) is 0 Å². The molecule has 1 N–H and O–H groups in total. The molecule has 4 rings (SSSR count). The van der Waals surface area contributed by atoms with Crippen molar-refractivity contribution in [1.29, 1.82) is 0 Å². The first kappa shape index (κ1) is 22.6. The number of amides is 1. The summed E-state index contributed by atoms with van der Waals surface area (Å²) in [7, 11) is 0. The first-order valence-corrected chi connectivity index (χ1v) is 10.9. The molecule has 0 bridgehead atoms. The van der Waals surface area contributed by atoms with Crippen LogP contribution < -0.4 is 15.5 Å². The fraction of sp³-hybridized carbons (Fsp3) is 0.185. The lowest BCUT2D eigenvalue weighted by atomic mass is 10.1. The molecule has 5 nitrogen and oxygen atoms in total. The Hall–Kier alpha value is -3.57. The Kier molecular flexibility index (Phi) is 6.25. The summed E-state index contributed by atoms with van der Waals surface area (Å²) in [4.78, 5) is 26.0. The Bertz CT molecular complexity index is 1400. The van der Waals surface area contributed by atoms with Crippen LogP contribution >= 0.6 is 11.6 Å². The number of hydrogen-bond acceptors (Lipinski definition) is 4. The average molecular weight is 462 g/mol. The van der Waals surface area contributed by atoms with Gasteiger partial charge in [0.05, 0.1) is 5.39 Å². The molecule has 1 aromatic heterocycles. The number of rotatable bonds is 5. The highest BCUT2D eigenvalue weighted by atomic mass is 35.5. The molecule has 0 fully saturated rings. The fourth-order valence-electron chi connectivity index (χ4n) is 3.90. The molecule has 0 saturated heterocycles. The molecule has 0 aliphatic rings. The zero-order valence-corrected chi connectivity index (χ0v) is 19.7. The quantitative estimate of drug-likeness (QED) is 0.375. The molecular formula is C27H24ClNO4. The van der Waals surface area contributed by atoms with E-state index in [-0.39, 0.29) is 29.5 Å². The maximum absolute atomic E-state index is 13.3. The van der Waals surface area contributed by atoms with Gasteiger partial charge < -0.3 is 14.5 Å². The normalized spacial score (nSPS) is 10.9. The van der Waals surface area contributed by atoms with Gasteiger partial charge in [-0.25, -0.2) is 0 Å². The first-order chi connectivity index (χ1) is 15.7. The zero-order valence-electron chi connectivity index (χ0n) is 18.9. The largest absolute Gasteiger partial charge is 0.476 e. The van der Waals surface area contributed by atoms with E-state index >= 15 is 0 Å². The van der Waals surface area contributed by atoms with E-state index in [1.807, 2.05) is 70.2 Å². The lowest BCUT2D eigenvalue weighted by Gasteiger charge is -2.15. The van der Waals surface area contributed by atoms with Gasteiger partial charge in [0.15, 0.2) is 12.4 Å². The fourth-order valence-corrected chi connectivity index (χ4v) is 4.06. The molecule has 0 aliphatic heterocycles. The Balaban J connectivity index is 1.71. The number of carbonyl (C=O) groups is 1. The van der Waals surface area contributed by atoms with E-state index in [4.69, 9.17) is 20.8 Å². The summed E-state index contributed by atoms with van der Waals surface area (Å²) >= 11 is 6.24. The van der Waals surface area contributed by atoms with Gasteiger partial charge in [0.1, 0.15) is 5.58 Å². The highest BCUT2D eigenvalue weighted by molar-refractivity contribution is 6.32. The Morgan fingerprint density at radius 1 is 0.970 bits per heavy atom. The van der Waals surface area contributed by atoms with Crippen LogP contribution in [0.2, 0.25) is 5.02 Å². The SMILES string of the molecule is Cc1cc(C)c(NC(=O)COc2c(-c3ccccc3)oc3cc(C)c(Cl)cc3c2=O)c(C)c1. The molecule has 1 heterocycles. The standard InChI is InChI=1S/C27H24ClNO4/c1-15-10-17(3)24(18(4)11-15)29-23(30)14-32-27-25(31)20-13-21(28)16(2)12-22(20)33-26(27)19-8-6-5-7-9-19/h5-13H,14H2,1-4H3,(H,29,30). The topological polar surface area (TPSA) is 68.5 Å². The summed E-state index contributed by atoms with van der Waals surface area (Å²) in [6.45, 7) is 7.38. The minimum Gasteiger partial charge on any atom is -0.476 e. The second-order valence-electron chi connectivity index (χ2n) is 8.16. The Morgan fingerprint density at radius 2 is 1.64 bits per heavy atom.